The van der Waals surface area contributed by atoms with Crippen LogP contribution >= 0.6 is 0 Å². The van der Waals surface area contributed by atoms with Crippen LogP contribution in [0.15, 0.2) is 6.33 Å². The summed E-state index contributed by atoms with van der Waals surface area (Å²) in [6, 6.07) is 0.00306. The van der Waals surface area contributed by atoms with Crippen molar-refractivity contribution in [1.29, 1.82) is 0 Å². The minimum Gasteiger partial charge on any atom is -0.476 e. The Morgan fingerprint density at radius 1 is 1.67 bits per heavy atom. The van der Waals surface area contributed by atoms with E-state index in [-0.39, 0.29) is 23.4 Å². The summed E-state index contributed by atoms with van der Waals surface area (Å²) >= 11 is 0. The zero-order valence-corrected chi connectivity index (χ0v) is 10.00. The van der Waals surface area contributed by atoms with Gasteiger partial charge in [-0.1, -0.05) is 0 Å². The Labute approximate surface area is 104 Å². The number of hydrogen-bond acceptors (Lipinski definition) is 7. The van der Waals surface area contributed by atoms with Crippen LogP contribution in [0.1, 0.15) is 12.8 Å². The standard InChI is InChI=1S/C10H15N5O3/c1-18-10-8(15(16)17)9(12-5-13-10)14-7(4-11)6-2-3-6/h5-7H,2-4,11H2,1H3,(H,12,13,14). The summed E-state index contributed by atoms with van der Waals surface area (Å²) in [5.74, 6) is 0.578. The van der Waals surface area contributed by atoms with Gasteiger partial charge in [-0.3, -0.25) is 10.1 Å². The number of nitrogens with one attached hydrogen (secondary N) is 1. The van der Waals surface area contributed by atoms with Crippen molar-refractivity contribution >= 4 is 11.5 Å². The number of ether oxygens (including phenoxy) is 1. The summed E-state index contributed by atoms with van der Waals surface area (Å²) in [5.41, 5.74) is 5.40. The molecule has 0 bridgehead atoms. The summed E-state index contributed by atoms with van der Waals surface area (Å²) in [4.78, 5) is 18.1. The second kappa shape index (κ2) is 5.13. The van der Waals surface area contributed by atoms with Crippen molar-refractivity contribution in [3.05, 3.63) is 16.4 Å². The number of methoxy groups -OCH3 is 1. The average Bonchev–Trinajstić information content (AvgIpc) is 3.19. The van der Waals surface area contributed by atoms with Crippen molar-refractivity contribution in [3.63, 3.8) is 0 Å². The van der Waals surface area contributed by atoms with Gasteiger partial charge in [0.1, 0.15) is 6.33 Å². The molecule has 1 heterocycles. The van der Waals surface area contributed by atoms with Crippen LogP contribution in [0.2, 0.25) is 0 Å². The van der Waals surface area contributed by atoms with Crippen molar-refractivity contribution in [2.75, 3.05) is 19.0 Å². The van der Waals surface area contributed by atoms with Gasteiger partial charge < -0.3 is 15.8 Å². The van der Waals surface area contributed by atoms with E-state index in [2.05, 4.69) is 15.3 Å². The van der Waals surface area contributed by atoms with Gasteiger partial charge in [-0.15, -0.1) is 0 Å². The zero-order chi connectivity index (χ0) is 13.1. The molecule has 1 aliphatic carbocycles. The molecule has 0 saturated heterocycles. The van der Waals surface area contributed by atoms with Crippen LogP contribution in [0.4, 0.5) is 11.5 Å². The molecule has 1 fully saturated rings. The molecular formula is C10H15N5O3. The van der Waals surface area contributed by atoms with Crippen LogP contribution in [0.3, 0.4) is 0 Å². The van der Waals surface area contributed by atoms with E-state index in [4.69, 9.17) is 10.5 Å². The smallest absolute Gasteiger partial charge is 0.372 e. The Bertz CT molecular complexity index is 449. The van der Waals surface area contributed by atoms with Crippen LogP contribution in [0.5, 0.6) is 5.88 Å². The third kappa shape index (κ3) is 2.48. The first-order valence-corrected chi connectivity index (χ1v) is 5.67. The predicted molar refractivity (Wildman–Crippen MR) is 64.4 cm³/mol. The number of nitrogens with two attached hydrogens (primary N) is 1. The summed E-state index contributed by atoms with van der Waals surface area (Å²) < 4.78 is 4.87. The van der Waals surface area contributed by atoms with E-state index in [0.717, 1.165) is 12.8 Å². The number of anilines is 1. The van der Waals surface area contributed by atoms with Crippen LogP contribution in [0.25, 0.3) is 0 Å². The Morgan fingerprint density at radius 2 is 2.39 bits per heavy atom. The topological polar surface area (TPSA) is 116 Å². The molecule has 1 unspecified atom stereocenters. The van der Waals surface area contributed by atoms with Crippen LogP contribution in [-0.4, -0.2) is 34.6 Å². The molecule has 98 valence electrons. The molecule has 0 aromatic carbocycles. The van der Waals surface area contributed by atoms with E-state index >= 15 is 0 Å². The minimum atomic E-state index is -0.554. The number of hydrogen-bond donors (Lipinski definition) is 2. The fourth-order valence-electron chi connectivity index (χ4n) is 1.83. The molecule has 8 nitrogen and oxygen atoms in total. The van der Waals surface area contributed by atoms with Gasteiger partial charge in [-0.2, -0.15) is 4.98 Å². The molecular weight excluding hydrogens is 238 g/mol. The van der Waals surface area contributed by atoms with Crippen molar-refractivity contribution in [2.45, 2.75) is 18.9 Å². The molecule has 0 spiro atoms. The maximum absolute atomic E-state index is 11.0. The number of rotatable bonds is 6. The number of aromatic nitrogens is 2. The third-order valence-electron chi connectivity index (χ3n) is 2.93. The van der Waals surface area contributed by atoms with E-state index < -0.39 is 4.92 Å². The fraction of sp³-hybridized carbons (Fsp3) is 0.600. The normalized spacial score (nSPS) is 16.1. The molecule has 18 heavy (non-hydrogen) atoms. The molecule has 0 aliphatic heterocycles. The molecule has 0 amide bonds. The van der Waals surface area contributed by atoms with Gasteiger partial charge in [0.15, 0.2) is 0 Å². The van der Waals surface area contributed by atoms with Gasteiger partial charge in [0, 0.05) is 12.6 Å². The predicted octanol–water partition coefficient (Wildman–Crippen LogP) is 0.543. The van der Waals surface area contributed by atoms with E-state index in [9.17, 15) is 10.1 Å². The first-order valence-electron chi connectivity index (χ1n) is 5.67. The van der Waals surface area contributed by atoms with Gasteiger partial charge in [0.2, 0.25) is 5.82 Å². The Balaban J connectivity index is 2.28. The molecule has 1 atom stereocenters. The molecule has 3 N–H and O–H groups in total. The van der Waals surface area contributed by atoms with E-state index in [0.29, 0.717) is 12.5 Å². The monoisotopic (exact) mass is 253 g/mol. The highest BCUT2D eigenvalue weighted by Crippen LogP contribution is 2.36. The van der Waals surface area contributed by atoms with Crippen molar-refractivity contribution in [3.8, 4) is 5.88 Å². The second-order valence-electron chi connectivity index (χ2n) is 4.16. The van der Waals surface area contributed by atoms with Gasteiger partial charge in [0.05, 0.1) is 12.0 Å². The molecule has 1 aromatic rings. The lowest BCUT2D eigenvalue weighted by atomic mass is 10.2. The number of nitro groups is 1. The SMILES string of the molecule is COc1ncnc(NC(CN)C2CC2)c1[N+](=O)[O-]. The third-order valence-corrected chi connectivity index (χ3v) is 2.93. The molecule has 1 aromatic heterocycles. The Kier molecular flexibility index (Phi) is 3.56. The summed E-state index contributed by atoms with van der Waals surface area (Å²) in [5, 5.41) is 14.0. The van der Waals surface area contributed by atoms with Crippen molar-refractivity contribution in [2.24, 2.45) is 11.7 Å². The maximum atomic E-state index is 11.0. The lowest BCUT2D eigenvalue weighted by Gasteiger charge is -2.16. The molecule has 1 aliphatic rings. The van der Waals surface area contributed by atoms with Gasteiger partial charge in [-0.25, -0.2) is 4.98 Å². The maximum Gasteiger partial charge on any atom is 0.372 e. The minimum absolute atomic E-state index is 0.00306. The number of nitrogens with zero attached hydrogens (tertiary/aromatic N) is 3. The summed E-state index contributed by atoms with van der Waals surface area (Å²) in [6.07, 6.45) is 3.41. The molecule has 1 saturated carbocycles. The van der Waals surface area contributed by atoms with E-state index in [1.165, 1.54) is 13.4 Å². The first kappa shape index (κ1) is 12.5. The van der Waals surface area contributed by atoms with Crippen LogP contribution in [-0.2, 0) is 0 Å². The fourth-order valence-corrected chi connectivity index (χ4v) is 1.83. The highest BCUT2D eigenvalue weighted by molar-refractivity contribution is 5.61. The molecule has 8 heteroatoms. The van der Waals surface area contributed by atoms with Crippen molar-refractivity contribution < 1.29 is 9.66 Å². The second-order valence-corrected chi connectivity index (χ2v) is 4.16. The van der Waals surface area contributed by atoms with Gasteiger partial charge in [0.25, 0.3) is 5.88 Å². The summed E-state index contributed by atoms with van der Waals surface area (Å²) in [7, 11) is 1.33. The lowest BCUT2D eigenvalue weighted by Crippen LogP contribution is -2.31. The Hall–Kier alpha value is -1.96. The van der Waals surface area contributed by atoms with Gasteiger partial charge in [-0.05, 0) is 18.8 Å². The average molecular weight is 253 g/mol. The largest absolute Gasteiger partial charge is 0.476 e. The highest BCUT2D eigenvalue weighted by atomic mass is 16.6. The highest BCUT2D eigenvalue weighted by Gasteiger charge is 2.33. The Morgan fingerprint density at radius 3 is 2.89 bits per heavy atom. The zero-order valence-electron chi connectivity index (χ0n) is 10.00. The van der Waals surface area contributed by atoms with Crippen molar-refractivity contribution in [1.82, 2.24) is 9.97 Å². The van der Waals surface area contributed by atoms with E-state index in [1.54, 1.807) is 0 Å². The molecule has 0 radical (unpaired) electrons. The molecule has 2 rings (SSSR count). The van der Waals surface area contributed by atoms with Crippen LogP contribution in [0, 0.1) is 16.0 Å². The lowest BCUT2D eigenvalue weighted by molar-refractivity contribution is -0.385. The quantitative estimate of drug-likeness (QED) is 0.561. The van der Waals surface area contributed by atoms with Gasteiger partial charge >= 0.3 is 5.69 Å². The van der Waals surface area contributed by atoms with E-state index in [1.807, 2.05) is 0 Å². The summed E-state index contributed by atoms with van der Waals surface area (Å²) in [6.45, 7) is 0.411. The first-order chi connectivity index (χ1) is 8.67. The van der Waals surface area contributed by atoms with Crippen LogP contribution < -0.4 is 15.8 Å².